The maximum Gasteiger partial charge on any atom is 0.177 e. The highest BCUT2D eigenvalue weighted by Crippen LogP contribution is 2.40. The molecule has 0 radical (unpaired) electrons. The van der Waals surface area contributed by atoms with E-state index in [1.54, 1.807) is 0 Å². The summed E-state index contributed by atoms with van der Waals surface area (Å²) < 4.78 is 0. The maximum absolute atomic E-state index is 10.1. The van der Waals surface area contributed by atoms with Crippen LogP contribution in [0.5, 0.6) is 0 Å². The van der Waals surface area contributed by atoms with Crippen LogP contribution < -0.4 is 5.32 Å². The highest BCUT2D eigenvalue weighted by Gasteiger charge is 2.30. The molecule has 3 aromatic rings. The van der Waals surface area contributed by atoms with Crippen molar-refractivity contribution >= 4 is 11.0 Å². The van der Waals surface area contributed by atoms with Gasteiger partial charge in [0, 0.05) is 23.6 Å². The normalized spacial score (nSPS) is 19.8. The number of aliphatic hydroxyl groups excluding tert-OH is 1. The number of aliphatic hydroxyl groups is 1. The van der Waals surface area contributed by atoms with Crippen LogP contribution in [0.15, 0.2) is 36.8 Å². The van der Waals surface area contributed by atoms with Crippen LogP contribution in [-0.4, -0.2) is 20.1 Å². The average molecular weight is 291 g/mol. The van der Waals surface area contributed by atoms with Gasteiger partial charge in [-0.3, -0.25) is 0 Å². The zero-order valence-electron chi connectivity index (χ0n) is 11.6. The van der Waals surface area contributed by atoms with Crippen molar-refractivity contribution in [1.29, 1.82) is 5.26 Å². The summed E-state index contributed by atoms with van der Waals surface area (Å²) in [6.07, 6.45) is 5.30. The van der Waals surface area contributed by atoms with Crippen LogP contribution in [0.2, 0.25) is 0 Å². The molecule has 6 nitrogen and oxygen atoms in total. The Labute approximate surface area is 126 Å². The van der Waals surface area contributed by atoms with Gasteiger partial charge in [0.25, 0.3) is 0 Å². The van der Waals surface area contributed by atoms with Crippen LogP contribution in [0, 0.1) is 11.5 Å². The first-order valence-electron chi connectivity index (χ1n) is 7.03. The second-order valence-electron chi connectivity index (χ2n) is 5.37. The van der Waals surface area contributed by atoms with E-state index in [4.69, 9.17) is 5.26 Å². The average Bonchev–Trinajstić information content (AvgIpc) is 3.12. The lowest BCUT2D eigenvalue weighted by atomic mass is 10.0. The second kappa shape index (κ2) is 4.83. The number of H-pyrrole nitrogens is 1. The largest absolute Gasteiger partial charge is 0.388 e. The number of nitriles is 1. The minimum absolute atomic E-state index is 0.154. The Kier molecular flexibility index (Phi) is 2.81. The summed E-state index contributed by atoms with van der Waals surface area (Å²) >= 11 is 0. The fourth-order valence-corrected chi connectivity index (χ4v) is 3.12. The van der Waals surface area contributed by atoms with Crippen molar-refractivity contribution in [3.8, 4) is 17.5 Å². The molecular weight excluding hydrogens is 278 g/mol. The molecule has 0 aliphatic heterocycles. The van der Waals surface area contributed by atoms with E-state index in [0.717, 1.165) is 33.4 Å². The lowest BCUT2D eigenvalue weighted by Gasteiger charge is -2.10. The SMILES string of the molecule is N#CN[C@H]1C[C@@H](O)c2ccc(-c3ncnc4[nH]ccc34)cc21. The van der Waals surface area contributed by atoms with E-state index in [0.29, 0.717) is 6.42 Å². The molecule has 0 saturated heterocycles. The van der Waals surface area contributed by atoms with Gasteiger partial charge in [-0.1, -0.05) is 12.1 Å². The predicted octanol–water partition coefficient (Wildman–Crippen LogP) is 2.17. The Morgan fingerprint density at radius 3 is 3.05 bits per heavy atom. The highest BCUT2D eigenvalue weighted by atomic mass is 16.3. The van der Waals surface area contributed by atoms with Crippen molar-refractivity contribution in [2.75, 3.05) is 0 Å². The Morgan fingerprint density at radius 1 is 1.27 bits per heavy atom. The molecule has 0 fully saturated rings. The number of rotatable bonds is 2. The van der Waals surface area contributed by atoms with Gasteiger partial charge < -0.3 is 15.4 Å². The predicted molar refractivity (Wildman–Crippen MR) is 80.4 cm³/mol. The summed E-state index contributed by atoms with van der Waals surface area (Å²) in [5.41, 5.74) is 4.40. The van der Waals surface area contributed by atoms with Gasteiger partial charge in [-0.25, -0.2) is 9.97 Å². The number of nitrogens with one attached hydrogen (secondary N) is 2. The van der Waals surface area contributed by atoms with Crippen LogP contribution >= 0.6 is 0 Å². The van der Waals surface area contributed by atoms with Crippen LogP contribution in [0.3, 0.4) is 0 Å². The first-order valence-corrected chi connectivity index (χ1v) is 7.03. The minimum Gasteiger partial charge on any atom is -0.388 e. The van der Waals surface area contributed by atoms with E-state index in [1.165, 1.54) is 6.33 Å². The zero-order valence-corrected chi connectivity index (χ0v) is 11.6. The molecule has 6 heteroatoms. The van der Waals surface area contributed by atoms with Crippen molar-refractivity contribution in [2.45, 2.75) is 18.6 Å². The van der Waals surface area contributed by atoms with Gasteiger partial charge in [0.2, 0.25) is 0 Å². The third-order valence-corrected chi connectivity index (χ3v) is 4.15. The third kappa shape index (κ3) is 1.84. The molecule has 3 N–H and O–H groups in total. The Morgan fingerprint density at radius 2 is 2.18 bits per heavy atom. The molecule has 0 saturated carbocycles. The second-order valence-corrected chi connectivity index (χ2v) is 5.37. The lowest BCUT2D eigenvalue weighted by molar-refractivity contribution is 0.171. The zero-order chi connectivity index (χ0) is 15.1. The van der Waals surface area contributed by atoms with E-state index >= 15 is 0 Å². The van der Waals surface area contributed by atoms with Gasteiger partial charge in [0.1, 0.15) is 12.0 Å². The number of benzene rings is 1. The van der Waals surface area contributed by atoms with Crippen molar-refractivity contribution in [3.05, 3.63) is 47.9 Å². The molecule has 1 aliphatic rings. The summed E-state index contributed by atoms with van der Waals surface area (Å²) in [6.45, 7) is 0. The van der Waals surface area contributed by atoms with Gasteiger partial charge in [-0.2, -0.15) is 5.26 Å². The van der Waals surface area contributed by atoms with E-state index < -0.39 is 6.10 Å². The van der Waals surface area contributed by atoms with Crippen molar-refractivity contribution in [2.24, 2.45) is 0 Å². The molecule has 108 valence electrons. The number of nitrogens with zero attached hydrogens (tertiary/aromatic N) is 3. The summed E-state index contributed by atoms with van der Waals surface area (Å²) in [5.74, 6) is 0. The number of aromatic nitrogens is 3. The lowest BCUT2D eigenvalue weighted by Crippen LogP contribution is -2.12. The molecule has 0 amide bonds. The first kappa shape index (κ1) is 12.8. The van der Waals surface area contributed by atoms with Crippen LogP contribution in [0.1, 0.15) is 29.7 Å². The molecule has 4 rings (SSSR count). The van der Waals surface area contributed by atoms with E-state index in [-0.39, 0.29) is 6.04 Å². The fraction of sp³-hybridized carbons (Fsp3) is 0.188. The number of hydrogen-bond acceptors (Lipinski definition) is 5. The maximum atomic E-state index is 10.1. The first-order chi connectivity index (χ1) is 10.8. The highest BCUT2D eigenvalue weighted by molar-refractivity contribution is 5.90. The van der Waals surface area contributed by atoms with Gasteiger partial charge in [0.05, 0.1) is 17.8 Å². The quantitative estimate of drug-likeness (QED) is 0.496. The summed E-state index contributed by atoms with van der Waals surface area (Å²) in [5, 5.41) is 22.7. The van der Waals surface area contributed by atoms with Crippen molar-refractivity contribution in [3.63, 3.8) is 0 Å². The summed E-state index contributed by atoms with van der Waals surface area (Å²) in [4.78, 5) is 11.7. The van der Waals surface area contributed by atoms with Crippen molar-refractivity contribution in [1.82, 2.24) is 20.3 Å². The standard InChI is InChI=1S/C16H13N5O/c17-7-19-13-6-14(22)10-2-1-9(5-12(10)13)15-11-3-4-18-16(11)21-8-20-15/h1-5,8,13-14,19,22H,6H2,(H,18,20,21)/t13-,14+/m0/s1. The third-order valence-electron chi connectivity index (χ3n) is 4.15. The van der Waals surface area contributed by atoms with E-state index in [2.05, 4.69) is 20.3 Å². The molecular formula is C16H13N5O. The van der Waals surface area contributed by atoms with E-state index in [9.17, 15) is 5.11 Å². The summed E-state index contributed by atoms with van der Waals surface area (Å²) in [7, 11) is 0. The Bertz CT molecular complexity index is 895. The Hall–Kier alpha value is -2.91. The monoisotopic (exact) mass is 291 g/mol. The molecule has 1 aromatic carbocycles. The molecule has 2 atom stereocenters. The number of aromatic amines is 1. The molecule has 0 spiro atoms. The minimum atomic E-state index is -0.535. The van der Waals surface area contributed by atoms with Gasteiger partial charge in [-0.15, -0.1) is 0 Å². The summed E-state index contributed by atoms with van der Waals surface area (Å²) in [6, 6.07) is 7.65. The van der Waals surface area contributed by atoms with E-state index in [1.807, 2.05) is 36.7 Å². The van der Waals surface area contributed by atoms with Gasteiger partial charge >= 0.3 is 0 Å². The molecule has 0 unspecified atom stereocenters. The van der Waals surface area contributed by atoms with Crippen LogP contribution in [0.4, 0.5) is 0 Å². The molecule has 0 bridgehead atoms. The molecule has 1 aliphatic carbocycles. The smallest absolute Gasteiger partial charge is 0.177 e. The van der Waals surface area contributed by atoms with Gasteiger partial charge in [-0.05, 0) is 23.3 Å². The topological polar surface area (TPSA) is 97.6 Å². The fourth-order valence-electron chi connectivity index (χ4n) is 3.12. The molecule has 22 heavy (non-hydrogen) atoms. The number of fused-ring (bicyclic) bond motifs is 2. The van der Waals surface area contributed by atoms with Crippen LogP contribution in [0.25, 0.3) is 22.3 Å². The molecule has 2 heterocycles. The Balaban J connectivity index is 1.87. The van der Waals surface area contributed by atoms with Crippen molar-refractivity contribution < 1.29 is 5.11 Å². The van der Waals surface area contributed by atoms with Gasteiger partial charge in [0.15, 0.2) is 6.19 Å². The van der Waals surface area contributed by atoms with Crippen LogP contribution in [-0.2, 0) is 0 Å². The molecule has 2 aromatic heterocycles. The number of hydrogen-bond donors (Lipinski definition) is 3.